The molecule has 0 saturated heterocycles. The van der Waals surface area contributed by atoms with Gasteiger partial charge in [0.1, 0.15) is 0 Å². The van der Waals surface area contributed by atoms with E-state index < -0.39 is 0 Å². The molecule has 4 N–H and O–H groups in total. The predicted molar refractivity (Wildman–Crippen MR) is 66.6 cm³/mol. The molecule has 5 nitrogen and oxygen atoms in total. The molecular weight excluding hydrogens is 242 g/mol. The zero-order chi connectivity index (χ0) is 12.3. The van der Waals surface area contributed by atoms with Crippen LogP contribution < -0.4 is 20.9 Å². The Morgan fingerprint density at radius 2 is 2.06 bits per heavy atom. The second kappa shape index (κ2) is 5.14. The molecule has 0 saturated carbocycles. The molecule has 0 unspecified atom stereocenters. The van der Waals surface area contributed by atoms with Crippen molar-refractivity contribution in [2.24, 2.45) is 16.5 Å². The quantitative estimate of drug-likeness (QED) is 0.616. The molecular formula is C11H14ClN3O2. The van der Waals surface area contributed by atoms with Crippen LogP contribution in [-0.4, -0.2) is 19.2 Å². The number of nitrogens with two attached hydrogens (primary N) is 2. The van der Waals surface area contributed by atoms with Gasteiger partial charge in [-0.05, 0) is 17.7 Å². The van der Waals surface area contributed by atoms with E-state index in [2.05, 4.69) is 4.99 Å². The van der Waals surface area contributed by atoms with Crippen molar-refractivity contribution < 1.29 is 9.47 Å². The lowest BCUT2D eigenvalue weighted by Crippen LogP contribution is -2.22. The van der Waals surface area contributed by atoms with E-state index in [9.17, 15) is 0 Å². The van der Waals surface area contributed by atoms with Crippen LogP contribution in [0.4, 0.5) is 0 Å². The maximum absolute atomic E-state index is 6.12. The summed E-state index contributed by atoms with van der Waals surface area (Å²) in [5.41, 5.74) is 11.4. The first-order chi connectivity index (χ1) is 8.16. The first-order valence-corrected chi connectivity index (χ1v) is 5.68. The average Bonchev–Trinajstić information content (AvgIpc) is 2.51. The zero-order valence-electron chi connectivity index (χ0n) is 9.28. The molecule has 1 aromatic carbocycles. The second-order valence-electron chi connectivity index (χ2n) is 3.70. The maximum atomic E-state index is 6.12. The molecule has 1 aromatic rings. The van der Waals surface area contributed by atoms with Crippen LogP contribution in [0.3, 0.4) is 0 Å². The van der Waals surface area contributed by atoms with Gasteiger partial charge in [0.2, 0.25) is 0 Å². The highest BCUT2D eigenvalue weighted by Gasteiger charge is 2.15. The minimum absolute atomic E-state index is 0.0493. The number of benzene rings is 1. The number of guanidine groups is 1. The normalized spacial score (nSPS) is 13.9. The van der Waals surface area contributed by atoms with Gasteiger partial charge in [-0.1, -0.05) is 11.6 Å². The fourth-order valence-corrected chi connectivity index (χ4v) is 1.85. The first-order valence-electron chi connectivity index (χ1n) is 5.30. The van der Waals surface area contributed by atoms with Crippen molar-refractivity contribution in [3.05, 3.63) is 22.7 Å². The number of fused-ring (bicyclic) bond motifs is 1. The van der Waals surface area contributed by atoms with Gasteiger partial charge < -0.3 is 20.9 Å². The predicted octanol–water partition coefficient (Wildman–Crippen LogP) is 1.27. The molecule has 6 heteroatoms. The average molecular weight is 256 g/mol. The molecule has 0 amide bonds. The lowest BCUT2D eigenvalue weighted by molar-refractivity contribution is 0.297. The van der Waals surface area contributed by atoms with E-state index in [1.54, 1.807) is 6.07 Å². The van der Waals surface area contributed by atoms with Crippen molar-refractivity contribution in [2.45, 2.75) is 13.0 Å². The smallest absolute Gasteiger partial charge is 0.186 e. The zero-order valence-corrected chi connectivity index (χ0v) is 10.0. The van der Waals surface area contributed by atoms with Gasteiger partial charge in [0.05, 0.1) is 24.8 Å². The molecule has 0 aliphatic carbocycles. The van der Waals surface area contributed by atoms with Gasteiger partial charge in [0.15, 0.2) is 17.5 Å². The van der Waals surface area contributed by atoms with Crippen molar-refractivity contribution in [2.75, 3.05) is 13.2 Å². The molecule has 2 rings (SSSR count). The van der Waals surface area contributed by atoms with Gasteiger partial charge >= 0.3 is 0 Å². The Labute approximate surface area is 104 Å². The fraction of sp³-hybridized carbons (Fsp3) is 0.364. The molecule has 0 fully saturated rings. The number of aliphatic imine (C=N–C) groups is 1. The Morgan fingerprint density at radius 1 is 1.29 bits per heavy atom. The van der Waals surface area contributed by atoms with Crippen LogP contribution in [0.2, 0.25) is 5.02 Å². The summed E-state index contributed by atoms with van der Waals surface area (Å²) in [6.07, 6.45) is 0.842. The van der Waals surface area contributed by atoms with E-state index in [0.717, 1.165) is 12.0 Å². The van der Waals surface area contributed by atoms with Gasteiger partial charge in [-0.15, -0.1) is 0 Å². The Morgan fingerprint density at radius 3 is 2.82 bits per heavy atom. The maximum Gasteiger partial charge on any atom is 0.186 e. The number of hydrogen-bond acceptors (Lipinski definition) is 3. The fourth-order valence-electron chi connectivity index (χ4n) is 1.56. The summed E-state index contributed by atoms with van der Waals surface area (Å²) >= 11 is 6.12. The van der Waals surface area contributed by atoms with Crippen LogP contribution >= 0.6 is 11.6 Å². The standard InChI is InChI=1S/C11H14ClN3O2/c12-8-4-7(6-15-11(13)14)5-9-10(8)17-3-1-2-16-9/h4-5H,1-3,6H2,(H4,13,14,15). The number of hydrogen-bond donors (Lipinski definition) is 2. The highest BCUT2D eigenvalue weighted by atomic mass is 35.5. The first kappa shape index (κ1) is 11.9. The van der Waals surface area contributed by atoms with E-state index in [4.69, 9.17) is 32.5 Å². The van der Waals surface area contributed by atoms with E-state index in [1.807, 2.05) is 6.07 Å². The third kappa shape index (κ3) is 2.94. The summed E-state index contributed by atoms with van der Waals surface area (Å²) < 4.78 is 11.1. The molecule has 92 valence electrons. The lowest BCUT2D eigenvalue weighted by atomic mass is 10.2. The van der Waals surface area contributed by atoms with Crippen LogP contribution in [0.25, 0.3) is 0 Å². The van der Waals surface area contributed by atoms with Crippen LogP contribution in [-0.2, 0) is 6.54 Å². The van der Waals surface area contributed by atoms with Crippen molar-refractivity contribution in [3.8, 4) is 11.5 Å². The minimum atomic E-state index is 0.0493. The third-order valence-corrected chi connectivity index (χ3v) is 2.59. The number of nitrogens with zero attached hydrogens (tertiary/aromatic N) is 1. The lowest BCUT2D eigenvalue weighted by Gasteiger charge is -2.10. The molecule has 0 spiro atoms. The number of halogens is 1. The summed E-state index contributed by atoms with van der Waals surface area (Å²) in [4.78, 5) is 3.93. The molecule has 0 aromatic heterocycles. The molecule has 0 radical (unpaired) electrons. The van der Waals surface area contributed by atoms with E-state index in [-0.39, 0.29) is 5.96 Å². The summed E-state index contributed by atoms with van der Waals surface area (Å²) in [6, 6.07) is 3.63. The van der Waals surface area contributed by atoms with Gasteiger partial charge in [0, 0.05) is 6.42 Å². The minimum Gasteiger partial charge on any atom is -0.489 e. The molecule has 1 heterocycles. The van der Waals surface area contributed by atoms with Crippen LogP contribution in [0, 0.1) is 0 Å². The van der Waals surface area contributed by atoms with Gasteiger partial charge in [0.25, 0.3) is 0 Å². The highest BCUT2D eigenvalue weighted by Crippen LogP contribution is 2.38. The van der Waals surface area contributed by atoms with Crippen molar-refractivity contribution in [1.82, 2.24) is 0 Å². The SMILES string of the molecule is NC(N)=NCc1cc(Cl)c2c(c1)OCCCO2. The van der Waals surface area contributed by atoms with E-state index >= 15 is 0 Å². The Balaban J connectivity index is 2.29. The van der Waals surface area contributed by atoms with Crippen LogP contribution in [0.5, 0.6) is 11.5 Å². The van der Waals surface area contributed by atoms with Crippen LogP contribution in [0.15, 0.2) is 17.1 Å². The van der Waals surface area contributed by atoms with E-state index in [1.165, 1.54) is 0 Å². The highest BCUT2D eigenvalue weighted by molar-refractivity contribution is 6.32. The number of rotatable bonds is 2. The summed E-state index contributed by atoms with van der Waals surface area (Å²) in [7, 11) is 0. The molecule has 1 aliphatic rings. The summed E-state index contributed by atoms with van der Waals surface area (Å²) in [5, 5.41) is 0.519. The van der Waals surface area contributed by atoms with E-state index in [0.29, 0.717) is 36.3 Å². The van der Waals surface area contributed by atoms with Gasteiger partial charge in [-0.2, -0.15) is 0 Å². The number of ether oxygens (including phenoxy) is 2. The van der Waals surface area contributed by atoms with Crippen LogP contribution in [0.1, 0.15) is 12.0 Å². The topological polar surface area (TPSA) is 82.9 Å². The Bertz CT molecular complexity index is 445. The molecule has 17 heavy (non-hydrogen) atoms. The van der Waals surface area contributed by atoms with Gasteiger partial charge in [-0.25, -0.2) is 4.99 Å². The van der Waals surface area contributed by atoms with Crippen molar-refractivity contribution in [3.63, 3.8) is 0 Å². The Hall–Kier alpha value is -1.62. The van der Waals surface area contributed by atoms with Crippen molar-refractivity contribution in [1.29, 1.82) is 0 Å². The van der Waals surface area contributed by atoms with Gasteiger partial charge in [-0.3, -0.25) is 0 Å². The largest absolute Gasteiger partial charge is 0.489 e. The molecule has 1 aliphatic heterocycles. The third-order valence-electron chi connectivity index (χ3n) is 2.31. The molecule has 0 atom stereocenters. The second-order valence-corrected chi connectivity index (χ2v) is 4.10. The summed E-state index contributed by atoms with van der Waals surface area (Å²) in [6.45, 7) is 1.60. The van der Waals surface area contributed by atoms with Crippen molar-refractivity contribution >= 4 is 17.6 Å². The Kier molecular flexibility index (Phi) is 3.58. The monoisotopic (exact) mass is 255 g/mol. The molecule has 0 bridgehead atoms. The summed E-state index contributed by atoms with van der Waals surface area (Å²) in [5.74, 6) is 1.29.